The fraction of sp³-hybridized carbons (Fsp3) is 0.900. The van der Waals surface area contributed by atoms with Crippen LogP contribution in [0.5, 0.6) is 0 Å². The molecule has 1 atom stereocenters. The largest absolute Gasteiger partial charge is 0.285 e. The summed E-state index contributed by atoms with van der Waals surface area (Å²) in [5.41, 5.74) is 7.89. The third-order valence-corrected chi connectivity index (χ3v) is 4.06. The van der Waals surface area contributed by atoms with E-state index in [1.54, 1.807) is 13.3 Å². The average molecular weight is 248 g/mol. The number of nitrogens with two attached hydrogens (primary N) is 1. The maximum absolute atomic E-state index is 11.9. The van der Waals surface area contributed by atoms with Gasteiger partial charge in [0.15, 0.2) is 0 Å². The maximum atomic E-state index is 11.9. The molecule has 6 heteroatoms. The second-order valence-corrected chi connectivity index (χ2v) is 5.65. The first-order chi connectivity index (χ1) is 7.24. The van der Waals surface area contributed by atoms with Gasteiger partial charge >= 0.3 is 0 Å². The van der Waals surface area contributed by atoms with Crippen molar-refractivity contribution in [1.82, 2.24) is 16.3 Å². The molecule has 0 aliphatic rings. The summed E-state index contributed by atoms with van der Waals surface area (Å²) in [4.78, 5) is 11.9. The molecule has 0 spiro atoms. The average Bonchev–Trinajstić information content (AvgIpc) is 2.24. The van der Waals surface area contributed by atoms with Gasteiger partial charge in [0.2, 0.25) is 5.12 Å². The van der Waals surface area contributed by atoms with Crippen LogP contribution in [0.1, 0.15) is 27.7 Å². The van der Waals surface area contributed by atoms with Crippen molar-refractivity contribution in [2.24, 2.45) is 11.3 Å². The molecular formula is C10H24N4OS. The number of carbonyl (C=O) groups excluding carboxylic acids is 1. The van der Waals surface area contributed by atoms with E-state index < -0.39 is 0 Å². The number of nitrogens with one attached hydrogen (secondary N) is 3. The van der Waals surface area contributed by atoms with Gasteiger partial charge in [-0.15, -0.1) is 0 Å². The van der Waals surface area contributed by atoms with Crippen LogP contribution in [0.4, 0.5) is 0 Å². The summed E-state index contributed by atoms with van der Waals surface area (Å²) < 4.78 is 0. The minimum absolute atomic E-state index is 0.0858. The van der Waals surface area contributed by atoms with Crippen molar-refractivity contribution < 1.29 is 4.79 Å². The van der Waals surface area contributed by atoms with E-state index in [2.05, 4.69) is 16.3 Å². The van der Waals surface area contributed by atoms with E-state index in [9.17, 15) is 4.79 Å². The Balaban J connectivity index is 5.10. The standard InChI is InChI=1S/C10H24N4OS/c1-9(2,10(3,4)14-11)7(13-12-5)8(15)16-6/h7,12-14H,11H2,1-6H3. The van der Waals surface area contributed by atoms with Crippen LogP contribution >= 0.6 is 11.8 Å². The summed E-state index contributed by atoms with van der Waals surface area (Å²) in [6.45, 7) is 7.97. The third-order valence-electron chi connectivity index (χ3n) is 3.42. The summed E-state index contributed by atoms with van der Waals surface area (Å²) >= 11 is 1.22. The van der Waals surface area contributed by atoms with Crippen molar-refractivity contribution in [3.8, 4) is 0 Å². The zero-order chi connectivity index (χ0) is 13.0. The van der Waals surface area contributed by atoms with Gasteiger partial charge in [-0.3, -0.25) is 21.5 Å². The monoisotopic (exact) mass is 248 g/mol. The quantitative estimate of drug-likeness (QED) is 0.398. The lowest BCUT2D eigenvalue weighted by atomic mass is 9.70. The lowest BCUT2D eigenvalue weighted by molar-refractivity contribution is -0.117. The van der Waals surface area contributed by atoms with E-state index in [0.717, 1.165) is 0 Å². The molecule has 96 valence electrons. The molecule has 16 heavy (non-hydrogen) atoms. The molecule has 0 aromatic rings. The van der Waals surface area contributed by atoms with Crippen LogP contribution in [0, 0.1) is 5.41 Å². The maximum Gasteiger partial charge on any atom is 0.207 e. The topological polar surface area (TPSA) is 79.2 Å². The van der Waals surface area contributed by atoms with Crippen molar-refractivity contribution in [2.75, 3.05) is 13.3 Å². The van der Waals surface area contributed by atoms with E-state index in [-0.39, 0.29) is 22.1 Å². The lowest BCUT2D eigenvalue weighted by Gasteiger charge is -2.45. The molecule has 1 unspecified atom stereocenters. The molecule has 0 aliphatic carbocycles. The minimum Gasteiger partial charge on any atom is -0.285 e. The van der Waals surface area contributed by atoms with Gasteiger partial charge in [0, 0.05) is 11.0 Å². The molecule has 0 saturated heterocycles. The molecule has 5 nitrogen and oxygen atoms in total. The zero-order valence-corrected chi connectivity index (χ0v) is 11.8. The summed E-state index contributed by atoms with van der Waals surface area (Å²) in [7, 11) is 1.75. The summed E-state index contributed by atoms with van der Waals surface area (Å²) in [6, 6.07) is -0.321. The SMILES string of the molecule is CNNC(C(=O)SC)C(C)(C)C(C)(C)NN. The predicted molar refractivity (Wildman–Crippen MR) is 69.7 cm³/mol. The van der Waals surface area contributed by atoms with E-state index in [1.165, 1.54) is 11.8 Å². The number of hydrogen-bond acceptors (Lipinski definition) is 6. The molecule has 0 fully saturated rings. The van der Waals surface area contributed by atoms with Crippen LogP contribution in [-0.2, 0) is 4.79 Å². The number of hydrazine groups is 2. The van der Waals surface area contributed by atoms with Crippen molar-refractivity contribution >= 4 is 16.9 Å². The van der Waals surface area contributed by atoms with Gasteiger partial charge in [0.1, 0.15) is 0 Å². The molecule has 0 saturated carbocycles. The van der Waals surface area contributed by atoms with Crippen molar-refractivity contribution in [3.63, 3.8) is 0 Å². The number of carbonyl (C=O) groups is 1. The Labute approximate surface area is 102 Å². The van der Waals surface area contributed by atoms with Crippen molar-refractivity contribution in [2.45, 2.75) is 39.3 Å². The molecular weight excluding hydrogens is 224 g/mol. The van der Waals surface area contributed by atoms with Gasteiger partial charge in [-0.1, -0.05) is 25.6 Å². The van der Waals surface area contributed by atoms with Crippen LogP contribution in [0.3, 0.4) is 0 Å². The molecule has 0 amide bonds. The van der Waals surface area contributed by atoms with Gasteiger partial charge in [-0.05, 0) is 27.2 Å². The van der Waals surface area contributed by atoms with E-state index in [1.807, 2.05) is 27.7 Å². The Morgan fingerprint density at radius 2 is 1.81 bits per heavy atom. The highest BCUT2D eigenvalue weighted by atomic mass is 32.2. The van der Waals surface area contributed by atoms with Gasteiger partial charge in [0.05, 0.1) is 6.04 Å². The van der Waals surface area contributed by atoms with Crippen LogP contribution < -0.4 is 22.1 Å². The van der Waals surface area contributed by atoms with Crippen LogP contribution in [0.2, 0.25) is 0 Å². The van der Waals surface area contributed by atoms with Crippen LogP contribution in [0.25, 0.3) is 0 Å². The number of thioether (sulfide) groups is 1. The predicted octanol–water partition coefficient (Wildman–Crippen LogP) is 0.237. The summed E-state index contributed by atoms with van der Waals surface area (Å²) in [6.07, 6.45) is 1.78. The highest BCUT2D eigenvalue weighted by Crippen LogP contribution is 2.35. The molecule has 0 heterocycles. The van der Waals surface area contributed by atoms with E-state index in [0.29, 0.717) is 0 Å². The second kappa shape index (κ2) is 5.97. The van der Waals surface area contributed by atoms with Gasteiger partial charge in [0.25, 0.3) is 0 Å². The molecule has 0 aromatic heterocycles. The van der Waals surface area contributed by atoms with Crippen LogP contribution in [-0.4, -0.2) is 30.0 Å². The molecule has 0 radical (unpaired) electrons. The summed E-state index contributed by atoms with van der Waals surface area (Å²) in [5.74, 6) is 5.55. The van der Waals surface area contributed by atoms with Crippen molar-refractivity contribution in [3.05, 3.63) is 0 Å². The van der Waals surface area contributed by atoms with Crippen molar-refractivity contribution in [1.29, 1.82) is 0 Å². The number of rotatable bonds is 6. The van der Waals surface area contributed by atoms with Crippen LogP contribution in [0.15, 0.2) is 0 Å². The third kappa shape index (κ3) is 3.18. The fourth-order valence-electron chi connectivity index (χ4n) is 1.34. The Kier molecular flexibility index (Phi) is 5.92. The fourth-order valence-corrected chi connectivity index (χ4v) is 1.93. The molecule has 5 N–H and O–H groups in total. The number of hydrogen-bond donors (Lipinski definition) is 4. The molecule has 0 bridgehead atoms. The first-order valence-corrected chi connectivity index (χ1v) is 6.45. The highest BCUT2D eigenvalue weighted by Gasteiger charge is 2.45. The first kappa shape index (κ1) is 15.9. The van der Waals surface area contributed by atoms with E-state index in [4.69, 9.17) is 5.84 Å². The summed E-state index contributed by atoms with van der Waals surface area (Å²) in [5, 5.41) is 0.0858. The molecule has 0 aliphatic heterocycles. The Bertz CT molecular complexity index is 243. The zero-order valence-electron chi connectivity index (χ0n) is 11.0. The lowest BCUT2D eigenvalue weighted by Crippen LogP contribution is -2.65. The second-order valence-electron chi connectivity index (χ2n) is 4.84. The Morgan fingerprint density at radius 3 is 2.12 bits per heavy atom. The first-order valence-electron chi connectivity index (χ1n) is 5.22. The van der Waals surface area contributed by atoms with Gasteiger partial charge in [-0.2, -0.15) is 0 Å². The van der Waals surface area contributed by atoms with Gasteiger partial charge in [-0.25, -0.2) is 5.43 Å². The molecule has 0 rings (SSSR count). The highest BCUT2D eigenvalue weighted by molar-refractivity contribution is 8.13. The smallest absolute Gasteiger partial charge is 0.207 e. The minimum atomic E-state index is -0.368. The normalized spacial score (nSPS) is 14.9. The Morgan fingerprint density at radius 1 is 1.31 bits per heavy atom. The van der Waals surface area contributed by atoms with E-state index >= 15 is 0 Å². The van der Waals surface area contributed by atoms with Gasteiger partial charge < -0.3 is 0 Å². The Hall–Kier alpha value is -0.140. The molecule has 0 aromatic carbocycles.